The van der Waals surface area contributed by atoms with E-state index in [9.17, 15) is 9.18 Å². The van der Waals surface area contributed by atoms with E-state index < -0.39 is 0 Å². The maximum absolute atomic E-state index is 13.1. The van der Waals surface area contributed by atoms with Crippen LogP contribution < -0.4 is 9.64 Å². The van der Waals surface area contributed by atoms with Crippen molar-refractivity contribution in [3.05, 3.63) is 60.2 Å². The molecule has 1 fully saturated rings. The molecule has 1 aromatic heterocycles. The first kappa shape index (κ1) is 16.3. The van der Waals surface area contributed by atoms with Crippen LogP contribution in [0.15, 0.2) is 53.1 Å². The number of ether oxygens (including phenoxy) is 1. The molecule has 1 aliphatic heterocycles. The van der Waals surface area contributed by atoms with Crippen LogP contribution in [0.5, 0.6) is 5.75 Å². The van der Waals surface area contributed by atoms with E-state index in [4.69, 9.17) is 9.26 Å². The summed E-state index contributed by atoms with van der Waals surface area (Å²) in [4.78, 5) is 18.4. The first-order valence-corrected chi connectivity index (χ1v) is 8.18. The summed E-state index contributed by atoms with van der Waals surface area (Å²) in [5.74, 6) is 1.01. The number of carbonyl (C=O) groups is 1. The molecule has 0 bridgehead atoms. The molecular weight excluding hydrogens is 337 g/mol. The molecule has 0 saturated carbocycles. The average molecular weight is 353 g/mol. The lowest BCUT2D eigenvalue weighted by Crippen LogP contribution is -2.24. The van der Waals surface area contributed by atoms with Crippen LogP contribution in [0.1, 0.15) is 18.2 Å². The molecule has 6 nitrogen and oxygen atoms in total. The maximum atomic E-state index is 13.1. The molecule has 2 aromatic carbocycles. The van der Waals surface area contributed by atoms with Gasteiger partial charge in [0.1, 0.15) is 11.6 Å². The smallest absolute Gasteiger partial charge is 0.258 e. The van der Waals surface area contributed by atoms with Gasteiger partial charge in [0.25, 0.3) is 5.89 Å². The fraction of sp³-hybridized carbons (Fsp3) is 0.211. The number of anilines is 1. The number of methoxy groups -OCH3 is 1. The molecule has 3 aromatic rings. The van der Waals surface area contributed by atoms with Crippen molar-refractivity contribution in [3.8, 4) is 17.2 Å². The first-order chi connectivity index (χ1) is 12.6. The van der Waals surface area contributed by atoms with Crippen LogP contribution >= 0.6 is 0 Å². The zero-order valence-electron chi connectivity index (χ0n) is 14.1. The van der Waals surface area contributed by atoms with Gasteiger partial charge in [0.15, 0.2) is 5.82 Å². The van der Waals surface area contributed by atoms with Gasteiger partial charge in [-0.05, 0) is 42.5 Å². The van der Waals surface area contributed by atoms with E-state index in [2.05, 4.69) is 10.1 Å². The van der Waals surface area contributed by atoms with E-state index in [1.807, 2.05) is 24.3 Å². The Morgan fingerprint density at radius 1 is 1.23 bits per heavy atom. The van der Waals surface area contributed by atoms with Crippen LogP contribution in [0.25, 0.3) is 11.5 Å². The molecule has 1 atom stereocenters. The van der Waals surface area contributed by atoms with Crippen molar-refractivity contribution in [2.45, 2.75) is 12.3 Å². The number of carbonyl (C=O) groups excluding carboxylic acids is 1. The van der Waals surface area contributed by atoms with E-state index in [0.717, 1.165) is 5.56 Å². The number of aromatic nitrogens is 2. The van der Waals surface area contributed by atoms with Gasteiger partial charge in [-0.1, -0.05) is 11.2 Å². The Morgan fingerprint density at radius 2 is 2.04 bits per heavy atom. The second kappa shape index (κ2) is 6.59. The summed E-state index contributed by atoms with van der Waals surface area (Å²) in [6, 6.07) is 13.2. The number of halogens is 1. The van der Waals surface area contributed by atoms with Gasteiger partial charge >= 0.3 is 0 Å². The second-order valence-electron chi connectivity index (χ2n) is 6.07. The van der Waals surface area contributed by atoms with Crippen molar-refractivity contribution in [1.29, 1.82) is 0 Å². The molecule has 2 heterocycles. The van der Waals surface area contributed by atoms with E-state index in [1.165, 1.54) is 12.1 Å². The largest absolute Gasteiger partial charge is 0.497 e. The summed E-state index contributed by atoms with van der Waals surface area (Å²) < 4.78 is 23.6. The molecule has 4 rings (SSSR count). The minimum absolute atomic E-state index is 0.0469. The number of benzene rings is 2. The summed E-state index contributed by atoms with van der Waals surface area (Å²) in [5, 5.41) is 4.04. The molecule has 0 aliphatic carbocycles. The molecule has 0 N–H and O–H groups in total. The Kier molecular flexibility index (Phi) is 4.12. The number of hydrogen-bond donors (Lipinski definition) is 0. The van der Waals surface area contributed by atoms with Gasteiger partial charge in [-0.2, -0.15) is 4.98 Å². The molecule has 26 heavy (non-hydrogen) atoms. The van der Waals surface area contributed by atoms with Crippen LogP contribution in [-0.2, 0) is 4.79 Å². The molecule has 0 radical (unpaired) electrons. The average Bonchev–Trinajstić information content (AvgIpc) is 3.29. The van der Waals surface area contributed by atoms with Crippen LogP contribution in [0, 0.1) is 5.82 Å². The lowest BCUT2D eigenvalue weighted by molar-refractivity contribution is -0.117. The summed E-state index contributed by atoms with van der Waals surface area (Å²) in [5.41, 5.74) is 1.42. The predicted molar refractivity (Wildman–Crippen MR) is 92.4 cm³/mol. The highest BCUT2D eigenvalue weighted by Gasteiger charge is 2.34. The number of hydrogen-bond acceptors (Lipinski definition) is 5. The van der Waals surface area contributed by atoms with Crippen LogP contribution in [0.2, 0.25) is 0 Å². The molecular formula is C19H16FN3O3. The normalized spacial score (nSPS) is 16.9. The van der Waals surface area contributed by atoms with Crippen molar-refractivity contribution < 1.29 is 18.4 Å². The zero-order chi connectivity index (χ0) is 18.1. The van der Waals surface area contributed by atoms with Crippen molar-refractivity contribution in [2.24, 2.45) is 0 Å². The topological polar surface area (TPSA) is 68.5 Å². The van der Waals surface area contributed by atoms with Crippen LogP contribution in [0.4, 0.5) is 10.1 Å². The summed E-state index contributed by atoms with van der Waals surface area (Å²) in [7, 11) is 1.59. The van der Waals surface area contributed by atoms with Crippen molar-refractivity contribution in [1.82, 2.24) is 10.1 Å². The highest BCUT2D eigenvalue weighted by atomic mass is 19.1. The van der Waals surface area contributed by atoms with Gasteiger partial charge in [0.2, 0.25) is 5.91 Å². The van der Waals surface area contributed by atoms with Crippen LogP contribution in [-0.4, -0.2) is 29.7 Å². The minimum Gasteiger partial charge on any atom is -0.497 e. The first-order valence-electron chi connectivity index (χ1n) is 8.18. The highest BCUT2D eigenvalue weighted by molar-refractivity contribution is 5.96. The Balaban J connectivity index is 1.54. The number of rotatable bonds is 4. The predicted octanol–water partition coefficient (Wildman–Crippen LogP) is 3.40. The van der Waals surface area contributed by atoms with Crippen molar-refractivity contribution >= 4 is 11.6 Å². The Bertz CT molecular complexity index is 939. The lowest BCUT2D eigenvalue weighted by Gasteiger charge is -2.15. The molecule has 1 amide bonds. The lowest BCUT2D eigenvalue weighted by atomic mass is 10.1. The quantitative estimate of drug-likeness (QED) is 0.719. The maximum Gasteiger partial charge on any atom is 0.258 e. The SMILES string of the molecule is COc1cccc(-c2nc(C3CC(=O)N(c4ccc(F)cc4)C3)no2)c1. The zero-order valence-corrected chi connectivity index (χ0v) is 14.1. The monoisotopic (exact) mass is 353 g/mol. The standard InChI is InChI=1S/C19H16FN3O3/c1-25-16-4-2-3-12(9-16)19-21-18(22-26-19)13-10-17(24)23(11-13)15-7-5-14(20)6-8-15/h2-9,13H,10-11H2,1H3. The summed E-state index contributed by atoms with van der Waals surface area (Å²) in [6.07, 6.45) is 0.286. The molecule has 1 unspecified atom stereocenters. The van der Waals surface area contributed by atoms with E-state index in [1.54, 1.807) is 24.1 Å². The Labute approximate surface area is 149 Å². The van der Waals surface area contributed by atoms with Gasteiger partial charge in [-0.15, -0.1) is 0 Å². The molecule has 0 spiro atoms. The van der Waals surface area contributed by atoms with Crippen LogP contribution in [0.3, 0.4) is 0 Å². The van der Waals surface area contributed by atoms with Gasteiger partial charge in [-0.25, -0.2) is 4.39 Å². The van der Waals surface area contributed by atoms with Gasteiger partial charge < -0.3 is 14.2 Å². The second-order valence-corrected chi connectivity index (χ2v) is 6.07. The van der Waals surface area contributed by atoms with Crippen molar-refractivity contribution in [3.63, 3.8) is 0 Å². The number of nitrogens with zero attached hydrogens (tertiary/aromatic N) is 3. The van der Waals surface area contributed by atoms with E-state index in [-0.39, 0.29) is 24.1 Å². The van der Waals surface area contributed by atoms with Gasteiger partial charge in [0, 0.05) is 30.1 Å². The third kappa shape index (κ3) is 3.03. The van der Waals surface area contributed by atoms with Gasteiger partial charge in [-0.3, -0.25) is 4.79 Å². The minimum atomic E-state index is -0.335. The molecule has 1 aliphatic rings. The third-order valence-electron chi connectivity index (χ3n) is 4.39. The van der Waals surface area contributed by atoms with Crippen molar-refractivity contribution in [2.75, 3.05) is 18.6 Å². The molecule has 7 heteroatoms. The highest BCUT2D eigenvalue weighted by Crippen LogP contribution is 2.32. The fourth-order valence-corrected chi connectivity index (χ4v) is 3.03. The Hall–Kier alpha value is -3.22. The summed E-state index contributed by atoms with van der Waals surface area (Å²) in [6.45, 7) is 0.432. The molecule has 1 saturated heterocycles. The fourth-order valence-electron chi connectivity index (χ4n) is 3.03. The number of amides is 1. The molecule has 132 valence electrons. The Morgan fingerprint density at radius 3 is 2.81 bits per heavy atom. The van der Waals surface area contributed by atoms with E-state index in [0.29, 0.717) is 29.7 Å². The third-order valence-corrected chi connectivity index (χ3v) is 4.39. The van der Waals surface area contributed by atoms with Gasteiger partial charge in [0.05, 0.1) is 7.11 Å². The van der Waals surface area contributed by atoms with E-state index >= 15 is 0 Å². The summed E-state index contributed by atoms with van der Waals surface area (Å²) >= 11 is 0.